The molecule has 0 heterocycles. The lowest BCUT2D eigenvalue weighted by Crippen LogP contribution is -2.08. The van der Waals surface area contributed by atoms with E-state index in [1.165, 1.54) is 6.92 Å². The Balaban J connectivity index is 3.36. The minimum atomic E-state index is -0.530. The molecule has 0 fully saturated rings. The Labute approximate surface area is 102 Å². The van der Waals surface area contributed by atoms with Crippen molar-refractivity contribution in [2.24, 2.45) is 0 Å². The topological polar surface area (TPSA) is 57.9 Å². The van der Waals surface area contributed by atoms with Crippen molar-refractivity contribution in [1.29, 1.82) is 5.26 Å². The minimum Gasteiger partial charge on any atom is -0.298 e. The highest BCUT2D eigenvalue weighted by atomic mass is 79.9. The SMILES string of the molecule is CC(=O)C(Br)c1c(C=O)cccc1CC#N. The zero-order valence-electron chi connectivity index (χ0n) is 8.74. The number of carbonyl (C=O) groups excluding carboxylic acids is 2. The first kappa shape index (κ1) is 12.6. The van der Waals surface area contributed by atoms with E-state index in [-0.39, 0.29) is 12.2 Å². The van der Waals surface area contributed by atoms with E-state index in [2.05, 4.69) is 15.9 Å². The molecular formula is C12H10BrNO2. The standard InChI is InChI=1S/C12H10BrNO2/c1-8(16)12(13)11-9(5-6-14)3-2-4-10(11)7-15/h2-4,7,12H,5H2,1H3. The van der Waals surface area contributed by atoms with E-state index in [0.29, 0.717) is 23.0 Å². The van der Waals surface area contributed by atoms with Gasteiger partial charge in [-0.2, -0.15) is 5.26 Å². The van der Waals surface area contributed by atoms with Crippen molar-refractivity contribution in [2.45, 2.75) is 18.2 Å². The molecule has 82 valence electrons. The fraction of sp³-hybridized carbons (Fsp3) is 0.250. The van der Waals surface area contributed by atoms with Gasteiger partial charge in [0.2, 0.25) is 0 Å². The lowest BCUT2D eigenvalue weighted by Gasteiger charge is -2.13. The van der Waals surface area contributed by atoms with Gasteiger partial charge in [0.05, 0.1) is 17.3 Å². The molecule has 0 saturated heterocycles. The average molecular weight is 280 g/mol. The van der Waals surface area contributed by atoms with Crippen LogP contribution in [0, 0.1) is 11.3 Å². The van der Waals surface area contributed by atoms with Gasteiger partial charge in [0.15, 0.2) is 0 Å². The van der Waals surface area contributed by atoms with Crippen LogP contribution in [0.15, 0.2) is 18.2 Å². The number of rotatable bonds is 4. The highest BCUT2D eigenvalue weighted by Crippen LogP contribution is 2.29. The van der Waals surface area contributed by atoms with Crippen molar-refractivity contribution in [3.63, 3.8) is 0 Å². The molecule has 3 nitrogen and oxygen atoms in total. The molecule has 1 aromatic rings. The third-order valence-corrected chi connectivity index (χ3v) is 3.34. The summed E-state index contributed by atoms with van der Waals surface area (Å²) in [6, 6.07) is 7.12. The third-order valence-electron chi connectivity index (χ3n) is 2.24. The van der Waals surface area contributed by atoms with Crippen LogP contribution in [0.3, 0.4) is 0 Å². The number of nitrogens with zero attached hydrogens (tertiary/aromatic N) is 1. The highest BCUT2D eigenvalue weighted by molar-refractivity contribution is 9.09. The van der Waals surface area contributed by atoms with Gasteiger partial charge in [-0.15, -0.1) is 0 Å². The Hall–Kier alpha value is -1.47. The predicted molar refractivity (Wildman–Crippen MR) is 63.5 cm³/mol. The summed E-state index contributed by atoms with van der Waals surface area (Å²) >= 11 is 3.24. The Morgan fingerprint density at radius 1 is 1.62 bits per heavy atom. The van der Waals surface area contributed by atoms with Gasteiger partial charge in [-0.1, -0.05) is 34.1 Å². The number of halogens is 1. The van der Waals surface area contributed by atoms with Gasteiger partial charge in [-0.3, -0.25) is 9.59 Å². The van der Waals surface area contributed by atoms with Crippen molar-refractivity contribution < 1.29 is 9.59 Å². The van der Waals surface area contributed by atoms with Crippen LogP contribution in [0.4, 0.5) is 0 Å². The molecule has 0 spiro atoms. The minimum absolute atomic E-state index is 0.0894. The molecule has 0 aliphatic rings. The molecule has 0 bridgehead atoms. The van der Waals surface area contributed by atoms with Crippen molar-refractivity contribution in [1.82, 2.24) is 0 Å². The summed E-state index contributed by atoms with van der Waals surface area (Å²) in [7, 11) is 0. The van der Waals surface area contributed by atoms with Gasteiger partial charge >= 0.3 is 0 Å². The first-order chi connectivity index (χ1) is 7.61. The van der Waals surface area contributed by atoms with E-state index in [1.807, 2.05) is 6.07 Å². The van der Waals surface area contributed by atoms with Crippen molar-refractivity contribution in [3.8, 4) is 6.07 Å². The first-order valence-electron chi connectivity index (χ1n) is 4.70. The number of carbonyl (C=O) groups is 2. The van der Waals surface area contributed by atoms with Crippen molar-refractivity contribution >= 4 is 28.0 Å². The highest BCUT2D eigenvalue weighted by Gasteiger charge is 2.19. The fourth-order valence-corrected chi connectivity index (χ4v) is 2.05. The van der Waals surface area contributed by atoms with Gasteiger partial charge in [0.1, 0.15) is 12.1 Å². The average Bonchev–Trinajstić information content (AvgIpc) is 2.28. The van der Waals surface area contributed by atoms with Crippen LogP contribution in [-0.4, -0.2) is 12.1 Å². The van der Waals surface area contributed by atoms with Crippen LogP contribution in [0.2, 0.25) is 0 Å². The number of alkyl halides is 1. The lowest BCUT2D eigenvalue weighted by atomic mass is 9.96. The Morgan fingerprint density at radius 2 is 2.31 bits per heavy atom. The van der Waals surface area contributed by atoms with Crippen molar-refractivity contribution in [3.05, 3.63) is 34.9 Å². The van der Waals surface area contributed by atoms with E-state index in [9.17, 15) is 9.59 Å². The quantitative estimate of drug-likeness (QED) is 0.629. The molecule has 0 N–H and O–H groups in total. The maximum absolute atomic E-state index is 11.3. The van der Waals surface area contributed by atoms with Crippen LogP contribution in [0.25, 0.3) is 0 Å². The van der Waals surface area contributed by atoms with E-state index in [4.69, 9.17) is 5.26 Å². The number of hydrogen-bond donors (Lipinski definition) is 0. The van der Waals surface area contributed by atoms with E-state index in [0.717, 1.165) is 0 Å². The summed E-state index contributed by atoms with van der Waals surface area (Å²) in [6.45, 7) is 1.44. The molecule has 1 aromatic carbocycles. The van der Waals surface area contributed by atoms with Gasteiger partial charge in [0.25, 0.3) is 0 Å². The third kappa shape index (κ3) is 2.56. The second-order valence-electron chi connectivity index (χ2n) is 3.35. The molecule has 0 radical (unpaired) electrons. The molecule has 0 saturated carbocycles. The predicted octanol–water partition coefficient (Wildman–Crippen LogP) is 2.59. The monoisotopic (exact) mass is 279 g/mol. The Morgan fingerprint density at radius 3 is 2.81 bits per heavy atom. The summed E-state index contributed by atoms with van der Waals surface area (Å²) in [6.07, 6.45) is 0.889. The first-order valence-corrected chi connectivity index (χ1v) is 5.61. The summed E-state index contributed by atoms with van der Waals surface area (Å²) in [5.41, 5.74) is 1.76. The number of Topliss-reactive ketones (excluding diaryl/α,β-unsaturated/α-hetero) is 1. The maximum atomic E-state index is 11.3. The molecule has 1 rings (SSSR count). The smallest absolute Gasteiger partial charge is 0.150 e. The summed E-state index contributed by atoms with van der Waals surface area (Å²) in [4.78, 5) is 21.7. The number of nitriles is 1. The normalized spacial score (nSPS) is 11.6. The van der Waals surface area contributed by atoms with E-state index >= 15 is 0 Å². The lowest BCUT2D eigenvalue weighted by molar-refractivity contribution is -0.116. The van der Waals surface area contributed by atoms with E-state index < -0.39 is 4.83 Å². The molecule has 0 aliphatic heterocycles. The number of hydrogen-bond acceptors (Lipinski definition) is 3. The fourth-order valence-electron chi connectivity index (χ4n) is 1.49. The second-order valence-corrected chi connectivity index (χ2v) is 4.26. The van der Waals surface area contributed by atoms with Gasteiger partial charge in [0, 0.05) is 5.56 Å². The van der Waals surface area contributed by atoms with Gasteiger partial charge in [-0.25, -0.2) is 0 Å². The number of benzene rings is 1. The molecule has 4 heteroatoms. The van der Waals surface area contributed by atoms with Crippen molar-refractivity contribution in [2.75, 3.05) is 0 Å². The second kappa shape index (κ2) is 5.57. The number of ketones is 1. The van der Waals surface area contributed by atoms with Crippen LogP contribution in [0.5, 0.6) is 0 Å². The molecule has 0 amide bonds. The molecular weight excluding hydrogens is 270 g/mol. The van der Waals surface area contributed by atoms with Gasteiger partial charge in [-0.05, 0) is 18.1 Å². The van der Waals surface area contributed by atoms with Crippen LogP contribution < -0.4 is 0 Å². The maximum Gasteiger partial charge on any atom is 0.150 e. The van der Waals surface area contributed by atoms with Crippen LogP contribution >= 0.6 is 15.9 Å². The number of aldehydes is 1. The molecule has 1 unspecified atom stereocenters. The van der Waals surface area contributed by atoms with Crippen LogP contribution in [-0.2, 0) is 11.2 Å². The summed E-state index contributed by atoms with van der Waals surface area (Å²) in [5.74, 6) is -0.0894. The zero-order valence-corrected chi connectivity index (χ0v) is 10.3. The zero-order chi connectivity index (χ0) is 12.1. The van der Waals surface area contributed by atoms with E-state index in [1.54, 1.807) is 18.2 Å². The molecule has 0 aromatic heterocycles. The Kier molecular flexibility index (Phi) is 4.39. The Bertz CT molecular complexity index is 463. The van der Waals surface area contributed by atoms with Crippen LogP contribution in [0.1, 0.15) is 33.2 Å². The largest absolute Gasteiger partial charge is 0.298 e. The van der Waals surface area contributed by atoms with Gasteiger partial charge < -0.3 is 0 Å². The molecule has 1 atom stereocenters. The molecule has 16 heavy (non-hydrogen) atoms. The molecule has 0 aliphatic carbocycles. The summed E-state index contributed by atoms with van der Waals surface area (Å²) in [5, 5.41) is 8.69. The summed E-state index contributed by atoms with van der Waals surface area (Å²) < 4.78 is 0.